The van der Waals surface area contributed by atoms with Crippen LogP contribution in [-0.4, -0.2) is 35.6 Å². The van der Waals surface area contributed by atoms with E-state index < -0.39 is 23.7 Å². The Balaban J connectivity index is 2.01. The van der Waals surface area contributed by atoms with Gasteiger partial charge in [-0.15, -0.1) is 10.2 Å². The fourth-order valence-electron chi connectivity index (χ4n) is 2.39. The van der Waals surface area contributed by atoms with Gasteiger partial charge in [-0.05, 0) is 23.1 Å². The Morgan fingerprint density at radius 3 is 2.56 bits per heavy atom. The Morgan fingerprint density at radius 2 is 1.96 bits per heavy atom. The van der Waals surface area contributed by atoms with Gasteiger partial charge in [-0.2, -0.15) is 13.2 Å². The van der Waals surface area contributed by atoms with Crippen molar-refractivity contribution in [1.29, 1.82) is 0 Å². The largest absolute Gasteiger partial charge is 0.497 e. The monoisotopic (exact) mass is 402 g/mol. The van der Waals surface area contributed by atoms with Crippen LogP contribution in [0, 0.1) is 5.41 Å². The Kier molecular flexibility index (Phi) is 6.30. The molecule has 0 bridgehead atoms. The zero-order valence-corrected chi connectivity index (χ0v) is 16.2. The fraction of sp³-hybridized carbons (Fsp3) is 0.471. The van der Waals surface area contributed by atoms with Gasteiger partial charge in [0.15, 0.2) is 0 Å². The van der Waals surface area contributed by atoms with Gasteiger partial charge in [-0.1, -0.05) is 44.2 Å². The van der Waals surface area contributed by atoms with Crippen molar-refractivity contribution in [2.45, 2.75) is 39.4 Å². The van der Waals surface area contributed by atoms with Gasteiger partial charge in [0.05, 0.1) is 7.11 Å². The molecule has 148 valence electrons. The molecular weight excluding hydrogens is 381 g/mol. The highest BCUT2D eigenvalue weighted by Crippen LogP contribution is 2.33. The standard InChI is InChI=1S/C17H21F3N4O2S/c1-16(2,3)13(17(18,19)20)21-14(25)22-15-24-23-12(27-15)9-10-6-5-7-11(8-10)26-4/h5-8,13H,9H2,1-4H3,(H2,21,22,24,25)/t13-/m1/s1. The molecule has 1 heterocycles. The molecule has 10 heteroatoms. The van der Waals surface area contributed by atoms with E-state index in [9.17, 15) is 18.0 Å². The molecule has 0 radical (unpaired) electrons. The maximum absolute atomic E-state index is 13.1. The molecule has 0 aliphatic carbocycles. The Labute approximate surface area is 159 Å². The molecule has 1 atom stereocenters. The molecular formula is C17H21F3N4O2S. The van der Waals surface area contributed by atoms with Gasteiger partial charge < -0.3 is 10.1 Å². The first-order valence-corrected chi connectivity index (χ1v) is 8.90. The molecule has 0 saturated heterocycles. The van der Waals surface area contributed by atoms with Gasteiger partial charge in [0.1, 0.15) is 16.8 Å². The number of carbonyl (C=O) groups excluding carboxylic acids is 1. The number of hydrogen-bond acceptors (Lipinski definition) is 5. The first kappa shape index (κ1) is 20.9. The number of amides is 2. The topological polar surface area (TPSA) is 76.1 Å². The average Bonchev–Trinajstić information content (AvgIpc) is 2.97. The van der Waals surface area contributed by atoms with E-state index in [2.05, 4.69) is 15.5 Å². The number of urea groups is 1. The number of nitrogens with zero attached hydrogens (tertiary/aromatic N) is 2. The molecule has 0 fully saturated rings. The lowest BCUT2D eigenvalue weighted by Gasteiger charge is -2.32. The molecule has 2 amide bonds. The summed E-state index contributed by atoms with van der Waals surface area (Å²) in [5, 5.41) is 12.8. The molecule has 6 nitrogen and oxygen atoms in total. The van der Waals surface area contributed by atoms with Crippen LogP contribution in [0.15, 0.2) is 24.3 Å². The highest BCUT2D eigenvalue weighted by molar-refractivity contribution is 7.15. The zero-order chi connectivity index (χ0) is 20.2. The van der Waals surface area contributed by atoms with Crippen LogP contribution in [0.25, 0.3) is 0 Å². The number of alkyl halides is 3. The summed E-state index contributed by atoms with van der Waals surface area (Å²) in [6.45, 7) is 4.22. The summed E-state index contributed by atoms with van der Waals surface area (Å²) in [4.78, 5) is 12.0. The number of ether oxygens (including phenoxy) is 1. The predicted molar refractivity (Wildman–Crippen MR) is 97.2 cm³/mol. The van der Waals surface area contributed by atoms with Gasteiger partial charge in [-0.3, -0.25) is 5.32 Å². The summed E-state index contributed by atoms with van der Waals surface area (Å²) in [5.74, 6) is 0.704. The van der Waals surface area contributed by atoms with Crippen molar-refractivity contribution in [3.8, 4) is 5.75 Å². The molecule has 1 aromatic heterocycles. The summed E-state index contributed by atoms with van der Waals surface area (Å²) in [7, 11) is 1.57. The van der Waals surface area contributed by atoms with Crippen LogP contribution < -0.4 is 15.4 Å². The third kappa shape index (κ3) is 6.09. The molecule has 0 saturated carbocycles. The van der Waals surface area contributed by atoms with Crippen molar-refractivity contribution in [2.75, 3.05) is 12.4 Å². The molecule has 0 spiro atoms. The molecule has 2 aromatic rings. The number of hydrogen-bond donors (Lipinski definition) is 2. The van der Waals surface area contributed by atoms with E-state index in [4.69, 9.17) is 4.74 Å². The first-order chi connectivity index (χ1) is 12.5. The van der Waals surface area contributed by atoms with Crippen LogP contribution in [0.3, 0.4) is 0 Å². The quantitative estimate of drug-likeness (QED) is 0.785. The average molecular weight is 402 g/mol. The Hall–Kier alpha value is -2.36. The molecule has 0 aliphatic rings. The van der Waals surface area contributed by atoms with E-state index in [0.29, 0.717) is 17.2 Å². The molecule has 2 N–H and O–H groups in total. The maximum Gasteiger partial charge on any atom is 0.409 e. The second kappa shape index (κ2) is 8.12. The number of nitrogens with one attached hydrogen (secondary N) is 2. The number of aromatic nitrogens is 2. The third-order valence-electron chi connectivity index (χ3n) is 3.65. The van der Waals surface area contributed by atoms with Gasteiger partial charge in [0.2, 0.25) is 5.13 Å². The maximum atomic E-state index is 13.1. The van der Waals surface area contributed by atoms with E-state index in [0.717, 1.165) is 16.9 Å². The summed E-state index contributed by atoms with van der Waals surface area (Å²) < 4.78 is 44.6. The van der Waals surface area contributed by atoms with E-state index in [1.165, 1.54) is 20.8 Å². The van der Waals surface area contributed by atoms with E-state index >= 15 is 0 Å². The van der Waals surface area contributed by atoms with Crippen LogP contribution in [0.2, 0.25) is 0 Å². The minimum atomic E-state index is -4.56. The molecule has 2 rings (SSSR count). The Bertz CT molecular complexity index is 773. The molecule has 27 heavy (non-hydrogen) atoms. The van der Waals surface area contributed by atoms with Gasteiger partial charge in [0.25, 0.3) is 0 Å². The lowest BCUT2D eigenvalue weighted by molar-refractivity contribution is -0.174. The van der Waals surface area contributed by atoms with E-state index in [-0.39, 0.29) is 5.13 Å². The highest BCUT2D eigenvalue weighted by atomic mass is 32.1. The van der Waals surface area contributed by atoms with Crippen molar-refractivity contribution in [3.63, 3.8) is 0 Å². The van der Waals surface area contributed by atoms with Crippen molar-refractivity contribution in [3.05, 3.63) is 34.8 Å². The van der Waals surface area contributed by atoms with Crippen LogP contribution in [-0.2, 0) is 6.42 Å². The van der Waals surface area contributed by atoms with Gasteiger partial charge in [-0.25, -0.2) is 4.79 Å². The molecule has 0 aliphatic heterocycles. The van der Waals surface area contributed by atoms with E-state index in [1.54, 1.807) is 7.11 Å². The second-order valence-electron chi connectivity index (χ2n) is 6.97. The van der Waals surface area contributed by atoms with Crippen LogP contribution >= 0.6 is 11.3 Å². The van der Waals surface area contributed by atoms with Crippen molar-refractivity contribution in [1.82, 2.24) is 15.5 Å². The first-order valence-electron chi connectivity index (χ1n) is 8.08. The number of benzene rings is 1. The number of halogens is 3. The molecule has 1 aromatic carbocycles. The smallest absolute Gasteiger partial charge is 0.409 e. The number of anilines is 1. The van der Waals surface area contributed by atoms with Crippen molar-refractivity contribution < 1.29 is 22.7 Å². The number of carbonyl (C=O) groups is 1. The summed E-state index contributed by atoms with van der Waals surface area (Å²) in [6, 6.07) is 4.42. The van der Waals surface area contributed by atoms with Crippen molar-refractivity contribution >= 4 is 22.5 Å². The second-order valence-corrected chi connectivity index (χ2v) is 8.03. The fourth-order valence-corrected chi connectivity index (χ4v) is 3.16. The van der Waals surface area contributed by atoms with Crippen LogP contribution in [0.4, 0.5) is 23.1 Å². The minimum Gasteiger partial charge on any atom is -0.497 e. The minimum absolute atomic E-state index is 0.125. The van der Waals surface area contributed by atoms with Crippen molar-refractivity contribution in [2.24, 2.45) is 5.41 Å². The Morgan fingerprint density at radius 1 is 1.26 bits per heavy atom. The van der Waals surface area contributed by atoms with Crippen LogP contribution in [0.1, 0.15) is 31.3 Å². The normalized spacial score (nSPS) is 13.1. The highest BCUT2D eigenvalue weighted by Gasteiger charge is 2.47. The lowest BCUT2D eigenvalue weighted by atomic mass is 9.86. The lowest BCUT2D eigenvalue weighted by Crippen LogP contribution is -2.54. The number of rotatable bonds is 5. The number of methoxy groups -OCH3 is 1. The van der Waals surface area contributed by atoms with Gasteiger partial charge in [0, 0.05) is 6.42 Å². The summed E-state index contributed by atoms with van der Waals surface area (Å²) in [6.07, 6.45) is -4.10. The predicted octanol–water partition coefficient (Wildman–Crippen LogP) is 4.24. The van der Waals surface area contributed by atoms with E-state index in [1.807, 2.05) is 29.6 Å². The van der Waals surface area contributed by atoms with Gasteiger partial charge >= 0.3 is 12.2 Å². The molecule has 0 unspecified atom stereocenters. The summed E-state index contributed by atoms with van der Waals surface area (Å²) >= 11 is 1.10. The SMILES string of the molecule is COc1cccc(Cc2nnc(NC(=O)N[C@H](C(C)(C)C)C(F)(F)F)s2)c1. The van der Waals surface area contributed by atoms with Crippen LogP contribution in [0.5, 0.6) is 5.75 Å². The summed E-state index contributed by atoms with van der Waals surface area (Å²) in [5.41, 5.74) is -0.250. The third-order valence-corrected chi connectivity index (χ3v) is 4.48. The zero-order valence-electron chi connectivity index (χ0n) is 15.3.